The first-order valence-electron chi connectivity index (χ1n) is 6.15. The molecule has 98 valence electrons. The first kappa shape index (κ1) is 12.8. The van der Waals surface area contributed by atoms with Crippen LogP contribution in [0.25, 0.3) is 0 Å². The molecule has 1 aliphatic carbocycles. The van der Waals surface area contributed by atoms with Gasteiger partial charge in [-0.15, -0.1) is 0 Å². The van der Waals surface area contributed by atoms with E-state index < -0.39 is 11.8 Å². The van der Waals surface area contributed by atoms with E-state index in [2.05, 4.69) is 10.6 Å². The lowest BCUT2D eigenvalue weighted by molar-refractivity contribution is 0.114. The van der Waals surface area contributed by atoms with E-state index >= 15 is 0 Å². The summed E-state index contributed by atoms with van der Waals surface area (Å²) in [4.78, 5) is 11.7. The number of carbonyl (C=O) groups is 1. The van der Waals surface area contributed by atoms with Crippen LogP contribution >= 0.6 is 0 Å². The molecule has 2 atom stereocenters. The molecule has 2 amide bonds. The summed E-state index contributed by atoms with van der Waals surface area (Å²) in [6, 6.07) is 5.54. The number of hydrogen-bond donors (Lipinski definition) is 3. The van der Waals surface area contributed by atoms with Crippen molar-refractivity contribution in [2.45, 2.75) is 37.8 Å². The van der Waals surface area contributed by atoms with E-state index in [4.69, 9.17) is 0 Å². The minimum Gasteiger partial charge on any atom is -0.393 e. The van der Waals surface area contributed by atoms with E-state index in [9.17, 15) is 14.3 Å². The second-order valence-electron chi connectivity index (χ2n) is 4.60. The van der Waals surface area contributed by atoms with Gasteiger partial charge in [0.2, 0.25) is 0 Å². The number of nitrogens with one attached hydrogen (secondary N) is 2. The molecule has 2 rings (SSSR count). The van der Waals surface area contributed by atoms with Gasteiger partial charge in [-0.3, -0.25) is 0 Å². The van der Waals surface area contributed by atoms with Gasteiger partial charge >= 0.3 is 6.03 Å². The number of amides is 2. The average molecular weight is 252 g/mol. The minimum absolute atomic E-state index is 0.0412. The summed E-state index contributed by atoms with van der Waals surface area (Å²) in [5.74, 6) is -0.462. The van der Waals surface area contributed by atoms with Crippen LogP contribution in [0.4, 0.5) is 14.9 Å². The molecule has 0 unspecified atom stereocenters. The zero-order chi connectivity index (χ0) is 13.0. The molecule has 1 fully saturated rings. The number of benzene rings is 1. The van der Waals surface area contributed by atoms with Gasteiger partial charge in [0.1, 0.15) is 5.82 Å². The van der Waals surface area contributed by atoms with Crippen LogP contribution in [0.3, 0.4) is 0 Å². The van der Waals surface area contributed by atoms with E-state index in [1.165, 1.54) is 12.1 Å². The van der Waals surface area contributed by atoms with E-state index in [1.54, 1.807) is 12.1 Å². The molecule has 1 saturated carbocycles. The van der Waals surface area contributed by atoms with Gasteiger partial charge in [-0.05, 0) is 37.8 Å². The average Bonchev–Trinajstić information content (AvgIpc) is 2.32. The Morgan fingerprint density at radius 2 is 2.11 bits per heavy atom. The van der Waals surface area contributed by atoms with E-state index in [0.717, 1.165) is 19.3 Å². The predicted octanol–water partition coefficient (Wildman–Crippen LogP) is 2.25. The maximum Gasteiger partial charge on any atom is 0.319 e. The Balaban J connectivity index is 1.87. The van der Waals surface area contributed by atoms with Crippen molar-refractivity contribution < 1.29 is 14.3 Å². The van der Waals surface area contributed by atoms with E-state index in [-0.39, 0.29) is 17.8 Å². The number of aliphatic hydroxyl groups excluding tert-OH is 1. The van der Waals surface area contributed by atoms with Crippen molar-refractivity contribution in [3.05, 3.63) is 30.1 Å². The summed E-state index contributed by atoms with van der Waals surface area (Å²) in [5, 5.41) is 14.7. The van der Waals surface area contributed by atoms with Crippen LogP contribution < -0.4 is 10.6 Å². The molecule has 1 aromatic rings. The third kappa shape index (κ3) is 3.43. The van der Waals surface area contributed by atoms with Crippen LogP contribution in [-0.2, 0) is 0 Å². The molecular formula is C13H17FN2O2. The van der Waals surface area contributed by atoms with Crippen molar-refractivity contribution in [1.29, 1.82) is 0 Å². The Kier molecular flexibility index (Phi) is 4.15. The van der Waals surface area contributed by atoms with Crippen LogP contribution in [0.2, 0.25) is 0 Å². The minimum atomic E-state index is -0.462. The molecule has 0 saturated heterocycles. The lowest BCUT2D eigenvalue weighted by Gasteiger charge is -2.26. The molecule has 18 heavy (non-hydrogen) atoms. The monoisotopic (exact) mass is 252 g/mol. The van der Waals surface area contributed by atoms with Gasteiger partial charge in [-0.25, -0.2) is 9.18 Å². The Morgan fingerprint density at radius 3 is 2.83 bits per heavy atom. The quantitative estimate of drug-likeness (QED) is 0.756. The fourth-order valence-electron chi connectivity index (χ4n) is 2.20. The highest BCUT2D eigenvalue weighted by Gasteiger charge is 2.21. The van der Waals surface area contributed by atoms with E-state index in [0.29, 0.717) is 6.42 Å². The summed E-state index contributed by atoms with van der Waals surface area (Å²) in [6.07, 6.45) is 2.74. The molecule has 0 radical (unpaired) electrons. The van der Waals surface area contributed by atoms with Gasteiger partial charge in [-0.2, -0.15) is 0 Å². The molecule has 1 aliphatic rings. The van der Waals surface area contributed by atoms with Crippen molar-refractivity contribution in [3.63, 3.8) is 0 Å². The summed E-state index contributed by atoms with van der Waals surface area (Å²) in [6.45, 7) is 0. The number of anilines is 1. The molecule has 0 aromatic heterocycles. The Labute approximate surface area is 105 Å². The van der Waals surface area contributed by atoms with Gasteiger partial charge < -0.3 is 15.7 Å². The molecule has 0 bridgehead atoms. The lowest BCUT2D eigenvalue weighted by atomic mass is 9.93. The number of para-hydroxylation sites is 1. The summed E-state index contributed by atoms with van der Waals surface area (Å²) in [5.41, 5.74) is 0.159. The van der Waals surface area contributed by atoms with Gasteiger partial charge in [0, 0.05) is 6.04 Å². The third-order valence-corrected chi connectivity index (χ3v) is 3.10. The Hall–Kier alpha value is -1.62. The molecule has 0 aliphatic heterocycles. The number of rotatable bonds is 2. The number of urea groups is 1. The molecule has 0 heterocycles. The fraction of sp³-hybridized carbons (Fsp3) is 0.462. The molecule has 5 heteroatoms. The highest BCUT2D eigenvalue weighted by atomic mass is 19.1. The summed E-state index contributed by atoms with van der Waals surface area (Å²) >= 11 is 0. The Bertz CT molecular complexity index is 425. The second kappa shape index (κ2) is 5.82. The predicted molar refractivity (Wildman–Crippen MR) is 66.8 cm³/mol. The van der Waals surface area contributed by atoms with Crippen LogP contribution in [-0.4, -0.2) is 23.3 Å². The largest absolute Gasteiger partial charge is 0.393 e. The maximum absolute atomic E-state index is 13.3. The van der Waals surface area contributed by atoms with Crippen LogP contribution in [0.15, 0.2) is 24.3 Å². The smallest absolute Gasteiger partial charge is 0.319 e. The third-order valence-electron chi connectivity index (χ3n) is 3.10. The van der Waals surface area contributed by atoms with Gasteiger partial charge in [-0.1, -0.05) is 12.1 Å². The van der Waals surface area contributed by atoms with Gasteiger partial charge in [0.05, 0.1) is 11.8 Å². The van der Waals surface area contributed by atoms with Crippen LogP contribution in [0.1, 0.15) is 25.7 Å². The van der Waals surface area contributed by atoms with Crippen LogP contribution in [0.5, 0.6) is 0 Å². The number of carbonyl (C=O) groups excluding carboxylic acids is 1. The zero-order valence-electron chi connectivity index (χ0n) is 10.0. The van der Waals surface area contributed by atoms with Crippen molar-refractivity contribution in [3.8, 4) is 0 Å². The Morgan fingerprint density at radius 1 is 1.33 bits per heavy atom. The lowest BCUT2D eigenvalue weighted by Crippen LogP contribution is -2.42. The van der Waals surface area contributed by atoms with Crippen molar-refractivity contribution in [2.24, 2.45) is 0 Å². The van der Waals surface area contributed by atoms with Crippen molar-refractivity contribution >= 4 is 11.7 Å². The summed E-state index contributed by atoms with van der Waals surface area (Å²) in [7, 11) is 0. The number of hydrogen-bond acceptors (Lipinski definition) is 2. The summed E-state index contributed by atoms with van der Waals surface area (Å²) < 4.78 is 13.3. The van der Waals surface area contributed by atoms with Crippen molar-refractivity contribution in [2.75, 3.05) is 5.32 Å². The molecule has 0 spiro atoms. The molecule has 1 aromatic carbocycles. The molecular weight excluding hydrogens is 235 g/mol. The van der Waals surface area contributed by atoms with Crippen molar-refractivity contribution in [1.82, 2.24) is 5.32 Å². The highest BCUT2D eigenvalue weighted by Crippen LogP contribution is 2.18. The SMILES string of the molecule is O=C(Nc1ccccc1F)N[C@@H]1CCC[C@H](O)C1. The number of aliphatic hydroxyl groups is 1. The molecule has 4 nitrogen and oxygen atoms in total. The van der Waals surface area contributed by atoms with E-state index in [1.807, 2.05) is 0 Å². The molecule has 3 N–H and O–H groups in total. The second-order valence-corrected chi connectivity index (χ2v) is 4.60. The first-order valence-corrected chi connectivity index (χ1v) is 6.15. The highest BCUT2D eigenvalue weighted by molar-refractivity contribution is 5.89. The zero-order valence-corrected chi connectivity index (χ0v) is 10.0. The topological polar surface area (TPSA) is 61.4 Å². The maximum atomic E-state index is 13.3. The first-order chi connectivity index (χ1) is 8.65. The fourth-order valence-corrected chi connectivity index (χ4v) is 2.20. The number of halogens is 1. The normalized spacial score (nSPS) is 23.4. The van der Waals surface area contributed by atoms with Crippen LogP contribution in [0, 0.1) is 5.82 Å². The van der Waals surface area contributed by atoms with Gasteiger partial charge in [0.15, 0.2) is 0 Å². The van der Waals surface area contributed by atoms with Gasteiger partial charge in [0.25, 0.3) is 0 Å². The standard InChI is InChI=1S/C13H17FN2O2/c14-11-6-1-2-7-12(11)16-13(18)15-9-4-3-5-10(17)8-9/h1-2,6-7,9-10,17H,3-5,8H2,(H2,15,16,18)/t9-,10+/m1/s1.